The predicted octanol–water partition coefficient (Wildman–Crippen LogP) is -0.0554. The van der Waals surface area contributed by atoms with Crippen LogP contribution in [0.4, 0.5) is 0 Å². The standard InChI is InChI=1S/C4H3N2O5P/c7-4-3-1-5-2-6(4)11-12(8,9-3)10-5/h1H,2H2. The summed E-state index contributed by atoms with van der Waals surface area (Å²) >= 11 is 0. The highest BCUT2D eigenvalue weighted by Crippen LogP contribution is 2.60. The molecule has 1 amide bonds. The van der Waals surface area contributed by atoms with E-state index < -0.39 is 13.7 Å². The third-order valence-electron chi connectivity index (χ3n) is 1.58. The van der Waals surface area contributed by atoms with Crippen molar-refractivity contribution >= 4 is 13.7 Å². The molecule has 1 atom stereocenters. The molecule has 0 saturated carbocycles. The van der Waals surface area contributed by atoms with E-state index in [-0.39, 0.29) is 12.4 Å². The maximum Gasteiger partial charge on any atom is 0.574 e. The van der Waals surface area contributed by atoms with Gasteiger partial charge in [-0.3, -0.25) is 4.79 Å². The summed E-state index contributed by atoms with van der Waals surface area (Å²) in [7, 11) is -3.54. The molecule has 2 saturated heterocycles. The van der Waals surface area contributed by atoms with Crippen molar-refractivity contribution in [1.82, 2.24) is 10.1 Å². The third-order valence-corrected chi connectivity index (χ3v) is 2.81. The van der Waals surface area contributed by atoms with Gasteiger partial charge in [-0.25, -0.2) is 9.63 Å². The zero-order chi connectivity index (χ0) is 8.34. The van der Waals surface area contributed by atoms with Gasteiger partial charge in [-0.2, -0.15) is 14.3 Å². The molecule has 0 radical (unpaired) electrons. The van der Waals surface area contributed by atoms with Crippen molar-refractivity contribution in [3.05, 3.63) is 12.0 Å². The van der Waals surface area contributed by atoms with Gasteiger partial charge in [0, 0.05) is 0 Å². The first-order valence-corrected chi connectivity index (χ1v) is 4.62. The van der Waals surface area contributed by atoms with E-state index in [9.17, 15) is 9.36 Å². The van der Waals surface area contributed by atoms with Crippen LogP contribution in [0.1, 0.15) is 0 Å². The summed E-state index contributed by atoms with van der Waals surface area (Å²) in [6, 6.07) is 0. The highest BCUT2D eigenvalue weighted by Gasteiger charge is 2.53. The second kappa shape index (κ2) is 1.66. The summed E-state index contributed by atoms with van der Waals surface area (Å²) in [6.45, 7) is 0.121. The molecule has 4 aliphatic rings. The Labute approximate surface area is 66.6 Å². The number of carbonyl (C=O) groups excluding carboxylic acids is 1. The van der Waals surface area contributed by atoms with Crippen LogP contribution in [-0.2, 0) is 23.1 Å². The molecule has 8 heteroatoms. The number of rotatable bonds is 0. The summed E-state index contributed by atoms with van der Waals surface area (Å²) in [5.74, 6) is -0.428. The van der Waals surface area contributed by atoms with E-state index in [2.05, 4.69) is 9.15 Å². The average molecular weight is 190 g/mol. The van der Waals surface area contributed by atoms with E-state index in [1.165, 1.54) is 11.3 Å². The maximum atomic E-state index is 11.3. The molecule has 0 N–H and O–H groups in total. The quantitative estimate of drug-likeness (QED) is 0.498. The van der Waals surface area contributed by atoms with Crippen LogP contribution in [0.5, 0.6) is 0 Å². The summed E-state index contributed by atoms with van der Waals surface area (Å²) < 4.78 is 25.3. The topological polar surface area (TPSA) is 68.3 Å². The van der Waals surface area contributed by atoms with Crippen LogP contribution in [-0.4, -0.2) is 22.7 Å². The van der Waals surface area contributed by atoms with Crippen LogP contribution in [0, 0.1) is 0 Å². The summed E-state index contributed by atoms with van der Waals surface area (Å²) in [5, 5.41) is 2.19. The zero-order valence-electron chi connectivity index (χ0n) is 5.67. The highest BCUT2D eigenvalue weighted by molar-refractivity contribution is 7.48. The molecule has 0 aromatic rings. The van der Waals surface area contributed by atoms with Crippen LogP contribution in [0.15, 0.2) is 12.0 Å². The molecule has 0 aromatic heterocycles. The lowest BCUT2D eigenvalue weighted by Gasteiger charge is -2.43. The van der Waals surface area contributed by atoms with Crippen LogP contribution < -0.4 is 0 Å². The van der Waals surface area contributed by atoms with E-state index in [0.29, 0.717) is 0 Å². The fraction of sp³-hybridized carbons (Fsp3) is 0.250. The Balaban J connectivity index is 2.18. The van der Waals surface area contributed by atoms with E-state index in [0.717, 1.165) is 5.06 Å². The lowest BCUT2D eigenvalue weighted by molar-refractivity contribution is -0.245. The molecule has 4 aliphatic heterocycles. The summed E-state index contributed by atoms with van der Waals surface area (Å²) in [5.41, 5.74) is 0. The third kappa shape index (κ3) is 0.632. The van der Waals surface area contributed by atoms with Gasteiger partial charge in [-0.15, -0.1) is 0 Å². The molecular formula is C4H3N2O5P. The Morgan fingerprint density at radius 1 is 1.50 bits per heavy atom. The first kappa shape index (κ1) is 6.47. The number of hydroxylamine groups is 4. The Morgan fingerprint density at radius 2 is 2.33 bits per heavy atom. The van der Waals surface area contributed by atoms with Crippen LogP contribution >= 0.6 is 7.82 Å². The molecule has 4 heterocycles. The van der Waals surface area contributed by atoms with Crippen LogP contribution in [0.25, 0.3) is 0 Å². The number of phosphoric acid groups is 1. The Bertz CT molecular complexity index is 351. The minimum Gasteiger partial charge on any atom is -0.394 e. The van der Waals surface area contributed by atoms with E-state index in [1.54, 1.807) is 0 Å². The van der Waals surface area contributed by atoms with Gasteiger partial charge in [-0.05, 0) is 0 Å². The number of hydrogen-bond acceptors (Lipinski definition) is 6. The molecule has 12 heavy (non-hydrogen) atoms. The largest absolute Gasteiger partial charge is 0.574 e. The average Bonchev–Trinajstić information content (AvgIpc) is 1.96. The smallest absolute Gasteiger partial charge is 0.394 e. The van der Waals surface area contributed by atoms with E-state index >= 15 is 0 Å². The first-order chi connectivity index (χ1) is 5.66. The van der Waals surface area contributed by atoms with E-state index in [1.807, 2.05) is 0 Å². The van der Waals surface area contributed by atoms with Gasteiger partial charge in [0.25, 0.3) is 0 Å². The monoisotopic (exact) mass is 190 g/mol. The van der Waals surface area contributed by atoms with Gasteiger partial charge in [0.2, 0.25) is 5.76 Å². The molecule has 64 valence electrons. The molecule has 7 nitrogen and oxygen atoms in total. The fourth-order valence-corrected chi connectivity index (χ4v) is 2.32. The lowest BCUT2D eigenvalue weighted by atomic mass is 10.4. The van der Waals surface area contributed by atoms with Crippen molar-refractivity contribution < 1.29 is 23.1 Å². The van der Waals surface area contributed by atoms with Crippen LogP contribution in [0.3, 0.4) is 0 Å². The second-order valence-corrected chi connectivity index (χ2v) is 3.84. The van der Waals surface area contributed by atoms with Gasteiger partial charge < -0.3 is 4.52 Å². The number of hydrogen-bond donors (Lipinski definition) is 0. The van der Waals surface area contributed by atoms with Gasteiger partial charge in [0.15, 0.2) is 0 Å². The molecular weight excluding hydrogens is 187 g/mol. The molecule has 2 fully saturated rings. The first-order valence-electron chi connectivity index (χ1n) is 3.16. The predicted molar refractivity (Wildman–Crippen MR) is 32.5 cm³/mol. The zero-order valence-corrected chi connectivity index (χ0v) is 6.56. The van der Waals surface area contributed by atoms with Gasteiger partial charge in [-0.1, -0.05) is 0 Å². The maximum absolute atomic E-state index is 11.3. The molecule has 4 bridgehead atoms. The minimum atomic E-state index is -3.54. The summed E-state index contributed by atoms with van der Waals surface area (Å²) in [4.78, 5) is 11.1. The van der Waals surface area contributed by atoms with Crippen molar-refractivity contribution in [3.8, 4) is 0 Å². The van der Waals surface area contributed by atoms with Gasteiger partial charge in [0.1, 0.15) is 6.67 Å². The molecule has 4 rings (SSSR count). The molecule has 1 unspecified atom stereocenters. The summed E-state index contributed by atoms with van der Waals surface area (Å²) in [6.07, 6.45) is 1.34. The van der Waals surface area contributed by atoms with E-state index in [4.69, 9.17) is 4.62 Å². The molecule has 0 spiro atoms. The van der Waals surface area contributed by atoms with Gasteiger partial charge in [0.05, 0.1) is 6.20 Å². The number of nitrogens with zero attached hydrogens (tertiary/aromatic N) is 2. The molecule has 0 aromatic carbocycles. The fourth-order valence-electron chi connectivity index (χ4n) is 1.13. The minimum absolute atomic E-state index is 0.00193. The van der Waals surface area contributed by atoms with Crippen molar-refractivity contribution in [2.45, 2.75) is 0 Å². The SMILES string of the molecule is O=C1C2=CN3CN1OP(=O)(O2)O3. The van der Waals surface area contributed by atoms with Crippen molar-refractivity contribution in [1.29, 1.82) is 0 Å². The van der Waals surface area contributed by atoms with Crippen molar-refractivity contribution in [2.75, 3.05) is 6.67 Å². The molecule has 0 aliphatic carbocycles. The van der Waals surface area contributed by atoms with Crippen molar-refractivity contribution in [2.24, 2.45) is 0 Å². The normalized spacial score (nSPS) is 37.0. The van der Waals surface area contributed by atoms with Crippen LogP contribution in [0.2, 0.25) is 0 Å². The Morgan fingerprint density at radius 3 is 3.00 bits per heavy atom. The van der Waals surface area contributed by atoms with Gasteiger partial charge >= 0.3 is 13.7 Å². The van der Waals surface area contributed by atoms with Crippen molar-refractivity contribution in [3.63, 3.8) is 0 Å². The second-order valence-electron chi connectivity index (χ2n) is 2.44. The number of amides is 1. The highest BCUT2D eigenvalue weighted by atomic mass is 31.2. The lowest BCUT2D eigenvalue weighted by Crippen LogP contribution is -2.51. The Kier molecular flexibility index (Phi) is 0.894. The number of carbonyl (C=O) groups is 1. The Hall–Kier alpha value is -1.04.